The van der Waals surface area contributed by atoms with Crippen LogP contribution in [-0.4, -0.2) is 145 Å². The average molecular weight is 781 g/mol. The highest BCUT2D eigenvalue weighted by molar-refractivity contribution is 5.69. The van der Waals surface area contributed by atoms with Gasteiger partial charge in [0.2, 0.25) is 0 Å². The Morgan fingerprint density at radius 2 is 0.481 bits per heavy atom. The minimum atomic E-state index is -0.138. The van der Waals surface area contributed by atoms with Crippen LogP contribution in [0.3, 0.4) is 0 Å². The Balaban J connectivity index is 3.09. The van der Waals surface area contributed by atoms with Gasteiger partial charge >= 0.3 is 5.97 Å². The molecule has 12 nitrogen and oxygen atoms in total. The Kier molecular flexibility index (Phi) is 49.2. The Hall–Kier alpha value is -0.930. The van der Waals surface area contributed by atoms with E-state index >= 15 is 0 Å². The van der Waals surface area contributed by atoms with Crippen LogP contribution in [0.5, 0.6) is 0 Å². The maximum absolute atomic E-state index is 11.7. The van der Waals surface area contributed by atoms with Gasteiger partial charge in [-0.15, -0.1) is 0 Å². The lowest BCUT2D eigenvalue weighted by atomic mass is 10.1. The van der Waals surface area contributed by atoms with Gasteiger partial charge in [0.05, 0.1) is 126 Å². The van der Waals surface area contributed by atoms with Gasteiger partial charge in [-0.25, -0.2) is 0 Å². The minimum absolute atomic E-state index is 0.138. The maximum atomic E-state index is 11.7. The molecular formula is C42H84O12. The van der Waals surface area contributed by atoms with E-state index in [-0.39, 0.29) is 12.6 Å². The molecule has 0 unspecified atom stereocenters. The molecule has 324 valence electrons. The second-order valence-electron chi connectivity index (χ2n) is 13.4. The molecule has 12 heteroatoms. The van der Waals surface area contributed by atoms with Crippen LogP contribution in [0.1, 0.15) is 129 Å². The van der Waals surface area contributed by atoms with Gasteiger partial charge in [0.15, 0.2) is 0 Å². The molecule has 0 aliphatic heterocycles. The standard InChI is InChI=1S/C42H84O12/c1-3-5-7-9-11-12-13-15-17-19-21-44-22-23-45-24-25-46-26-27-47-28-29-48-30-31-49-32-33-50-34-35-51-36-37-52-38-39-53-40-41-54-42(43)20-18-16-14-10-8-6-4-2/h3-41H2,1-2H3. The van der Waals surface area contributed by atoms with Gasteiger partial charge in [-0.05, 0) is 12.8 Å². The smallest absolute Gasteiger partial charge is 0.305 e. The van der Waals surface area contributed by atoms with Gasteiger partial charge in [-0.3, -0.25) is 4.79 Å². The van der Waals surface area contributed by atoms with E-state index in [0.717, 1.165) is 25.9 Å². The zero-order valence-electron chi connectivity index (χ0n) is 35.0. The molecule has 0 atom stereocenters. The van der Waals surface area contributed by atoms with Crippen molar-refractivity contribution in [3.63, 3.8) is 0 Å². The third-order valence-electron chi connectivity index (χ3n) is 8.47. The normalized spacial score (nSPS) is 11.5. The third kappa shape index (κ3) is 49.1. The van der Waals surface area contributed by atoms with Crippen LogP contribution in [0.15, 0.2) is 0 Å². The van der Waals surface area contributed by atoms with Crippen molar-refractivity contribution in [1.29, 1.82) is 0 Å². The van der Waals surface area contributed by atoms with E-state index in [2.05, 4.69) is 13.8 Å². The number of esters is 1. The molecule has 0 spiro atoms. The van der Waals surface area contributed by atoms with E-state index in [1.807, 2.05) is 0 Å². The van der Waals surface area contributed by atoms with Crippen LogP contribution in [0.25, 0.3) is 0 Å². The van der Waals surface area contributed by atoms with E-state index in [1.165, 1.54) is 89.9 Å². The summed E-state index contributed by atoms with van der Waals surface area (Å²) in [5.41, 5.74) is 0. The van der Waals surface area contributed by atoms with Crippen molar-refractivity contribution in [1.82, 2.24) is 0 Å². The number of hydrogen-bond acceptors (Lipinski definition) is 12. The highest BCUT2D eigenvalue weighted by Gasteiger charge is 2.03. The molecule has 0 saturated heterocycles. The van der Waals surface area contributed by atoms with Crippen LogP contribution in [0.2, 0.25) is 0 Å². The molecule has 0 rings (SSSR count). The predicted molar refractivity (Wildman–Crippen MR) is 214 cm³/mol. The van der Waals surface area contributed by atoms with Crippen LogP contribution in [0, 0.1) is 0 Å². The first kappa shape index (κ1) is 53.1. The van der Waals surface area contributed by atoms with Crippen molar-refractivity contribution in [2.75, 3.05) is 139 Å². The first-order chi connectivity index (χ1) is 26.8. The first-order valence-electron chi connectivity index (χ1n) is 21.7. The summed E-state index contributed by atoms with van der Waals surface area (Å²) in [5, 5.41) is 0. The fourth-order valence-corrected chi connectivity index (χ4v) is 5.29. The van der Waals surface area contributed by atoms with E-state index in [9.17, 15) is 4.79 Å². The van der Waals surface area contributed by atoms with Gasteiger partial charge in [0.25, 0.3) is 0 Å². The molecule has 0 aromatic carbocycles. The van der Waals surface area contributed by atoms with Gasteiger partial charge < -0.3 is 52.1 Å². The van der Waals surface area contributed by atoms with Crippen LogP contribution >= 0.6 is 0 Å². The molecule has 0 bridgehead atoms. The van der Waals surface area contributed by atoms with Crippen LogP contribution in [-0.2, 0) is 56.9 Å². The summed E-state index contributed by atoms with van der Waals surface area (Å²) in [7, 11) is 0. The molecule has 0 aliphatic rings. The summed E-state index contributed by atoms with van der Waals surface area (Å²) < 4.78 is 60.4. The lowest BCUT2D eigenvalue weighted by Gasteiger charge is -2.09. The second kappa shape index (κ2) is 50.1. The third-order valence-corrected chi connectivity index (χ3v) is 8.47. The zero-order chi connectivity index (χ0) is 38.9. The van der Waals surface area contributed by atoms with Crippen molar-refractivity contribution in [3.8, 4) is 0 Å². The van der Waals surface area contributed by atoms with Gasteiger partial charge in [0, 0.05) is 13.0 Å². The summed E-state index contributed by atoms with van der Waals surface area (Å²) in [6.45, 7) is 15.5. The van der Waals surface area contributed by atoms with Crippen molar-refractivity contribution in [3.05, 3.63) is 0 Å². The Morgan fingerprint density at radius 1 is 0.259 bits per heavy atom. The first-order valence-corrected chi connectivity index (χ1v) is 21.7. The maximum Gasteiger partial charge on any atom is 0.305 e. The highest BCUT2D eigenvalue weighted by atomic mass is 16.6. The monoisotopic (exact) mass is 781 g/mol. The van der Waals surface area contributed by atoms with E-state index in [0.29, 0.717) is 132 Å². The molecule has 0 N–H and O–H groups in total. The topological polar surface area (TPSA) is 119 Å². The summed E-state index contributed by atoms with van der Waals surface area (Å²) in [5.74, 6) is -0.138. The number of unbranched alkanes of at least 4 members (excludes halogenated alkanes) is 15. The molecule has 54 heavy (non-hydrogen) atoms. The molecule has 0 amide bonds. The molecule has 0 heterocycles. The SMILES string of the molecule is CCCCCCCCCCCCOCCOCCOCCOCCOCCOCCOCCOCCOCCOCCOC(=O)CCCCCCCCC. The van der Waals surface area contributed by atoms with E-state index in [1.54, 1.807) is 0 Å². The number of rotatable bonds is 49. The molecule has 0 aromatic heterocycles. The molecule has 0 fully saturated rings. The number of ether oxygens (including phenoxy) is 11. The van der Waals surface area contributed by atoms with Crippen molar-refractivity contribution >= 4 is 5.97 Å². The Morgan fingerprint density at radius 3 is 0.778 bits per heavy atom. The fourth-order valence-electron chi connectivity index (χ4n) is 5.29. The zero-order valence-corrected chi connectivity index (χ0v) is 35.0. The Labute approximate surface area is 330 Å². The van der Waals surface area contributed by atoms with Gasteiger partial charge in [-0.2, -0.15) is 0 Å². The van der Waals surface area contributed by atoms with Gasteiger partial charge in [-0.1, -0.05) is 110 Å². The number of carbonyl (C=O) groups excluding carboxylic acids is 1. The number of hydrogen-bond donors (Lipinski definition) is 0. The second-order valence-corrected chi connectivity index (χ2v) is 13.4. The number of carbonyl (C=O) groups is 1. The Bertz CT molecular complexity index is 688. The highest BCUT2D eigenvalue weighted by Crippen LogP contribution is 2.11. The van der Waals surface area contributed by atoms with Crippen molar-refractivity contribution < 1.29 is 56.9 Å². The molecule has 0 aromatic rings. The summed E-state index contributed by atoms with van der Waals surface area (Å²) in [6.07, 6.45) is 22.2. The minimum Gasteiger partial charge on any atom is -0.463 e. The lowest BCUT2D eigenvalue weighted by molar-refractivity contribution is -0.145. The summed E-state index contributed by atoms with van der Waals surface area (Å²) >= 11 is 0. The van der Waals surface area contributed by atoms with Crippen LogP contribution < -0.4 is 0 Å². The predicted octanol–water partition coefficient (Wildman–Crippen LogP) is 7.76. The summed E-state index contributed by atoms with van der Waals surface area (Å²) in [6, 6.07) is 0. The van der Waals surface area contributed by atoms with E-state index < -0.39 is 0 Å². The lowest BCUT2D eigenvalue weighted by Crippen LogP contribution is -2.15. The molecule has 0 radical (unpaired) electrons. The van der Waals surface area contributed by atoms with Crippen molar-refractivity contribution in [2.45, 2.75) is 129 Å². The fraction of sp³-hybridized carbons (Fsp3) is 0.976. The summed E-state index contributed by atoms with van der Waals surface area (Å²) in [4.78, 5) is 11.7. The van der Waals surface area contributed by atoms with Crippen LogP contribution in [0.4, 0.5) is 0 Å². The van der Waals surface area contributed by atoms with Gasteiger partial charge in [0.1, 0.15) is 6.61 Å². The largest absolute Gasteiger partial charge is 0.463 e. The molecule has 0 saturated carbocycles. The average Bonchev–Trinajstić information content (AvgIpc) is 3.18. The molecular weight excluding hydrogens is 696 g/mol. The van der Waals surface area contributed by atoms with E-state index in [4.69, 9.17) is 52.1 Å². The quantitative estimate of drug-likeness (QED) is 0.0444. The van der Waals surface area contributed by atoms with Crippen molar-refractivity contribution in [2.24, 2.45) is 0 Å². The molecule has 0 aliphatic carbocycles.